The smallest absolute Gasteiger partial charge is 0.353 e. The number of thiazole rings is 1. The number of benzene rings is 1. The number of nitrogens with one attached hydrogen (secondary N) is 1. The van der Waals surface area contributed by atoms with Gasteiger partial charge in [0.2, 0.25) is 11.6 Å². The zero-order chi connectivity index (χ0) is 16.6. The highest BCUT2D eigenvalue weighted by atomic mass is 32.1. The van der Waals surface area contributed by atoms with Crippen LogP contribution in [0, 0.1) is 17.0 Å². The van der Waals surface area contributed by atoms with Gasteiger partial charge in [0.1, 0.15) is 6.33 Å². The summed E-state index contributed by atoms with van der Waals surface area (Å²) >= 11 is 1.42. The first-order valence-corrected chi connectivity index (χ1v) is 7.58. The minimum absolute atomic E-state index is 0.129. The van der Waals surface area contributed by atoms with Crippen molar-refractivity contribution in [1.29, 1.82) is 0 Å². The molecule has 0 unspecified atom stereocenters. The average Bonchev–Trinajstić information content (AvgIpc) is 2.87. The summed E-state index contributed by atoms with van der Waals surface area (Å²) in [6, 6.07) is 5.92. The Morgan fingerprint density at radius 3 is 2.78 bits per heavy atom. The zero-order valence-corrected chi connectivity index (χ0v) is 13.6. The van der Waals surface area contributed by atoms with Gasteiger partial charge >= 0.3 is 5.69 Å². The molecule has 1 N–H and O–H groups in total. The van der Waals surface area contributed by atoms with Gasteiger partial charge in [-0.15, -0.1) is 0 Å². The van der Waals surface area contributed by atoms with Crippen molar-refractivity contribution < 1.29 is 4.92 Å². The van der Waals surface area contributed by atoms with Crippen molar-refractivity contribution in [3.05, 3.63) is 40.2 Å². The molecular weight excluding hydrogens is 316 g/mol. The van der Waals surface area contributed by atoms with E-state index in [0.29, 0.717) is 5.13 Å². The Labute approximate surface area is 136 Å². The van der Waals surface area contributed by atoms with E-state index in [0.717, 1.165) is 15.8 Å². The number of nitrogens with zero attached hydrogens (tertiary/aromatic N) is 5. The van der Waals surface area contributed by atoms with Crippen molar-refractivity contribution in [3.8, 4) is 0 Å². The molecule has 23 heavy (non-hydrogen) atoms. The summed E-state index contributed by atoms with van der Waals surface area (Å²) in [5.74, 6) is 0.369. The number of aromatic nitrogens is 3. The molecule has 0 bridgehead atoms. The summed E-state index contributed by atoms with van der Waals surface area (Å²) in [6.45, 7) is 2.00. The highest BCUT2D eigenvalue weighted by Crippen LogP contribution is 2.35. The topological polar surface area (TPSA) is 97.1 Å². The highest BCUT2D eigenvalue weighted by molar-refractivity contribution is 7.22. The third-order valence-corrected chi connectivity index (χ3v) is 4.11. The molecule has 2 heterocycles. The number of anilines is 3. The van der Waals surface area contributed by atoms with E-state index in [1.54, 1.807) is 19.0 Å². The SMILES string of the molecule is Cc1ccc2nc(Nc3ncnc(N(C)C)c3[N+](=O)[O-])sc2c1. The van der Waals surface area contributed by atoms with Crippen LogP contribution in [0.3, 0.4) is 0 Å². The highest BCUT2D eigenvalue weighted by Gasteiger charge is 2.25. The molecule has 0 radical (unpaired) electrons. The quantitative estimate of drug-likeness (QED) is 0.580. The van der Waals surface area contributed by atoms with E-state index >= 15 is 0 Å². The van der Waals surface area contributed by atoms with Crippen molar-refractivity contribution in [3.63, 3.8) is 0 Å². The Balaban J connectivity index is 2.04. The fraction of sp³-hybridized carbons (Fsp3) is 0.214. The third-order valence-electron chi connectivity index (χ3n) is 3.18. The van der Waals surface area contributed by atoms with Crippen molar-refractivity contribution in [1.82, 2.24) is 15.0 Å². The lowest BCUT2D eigenvalue weighted by Crippen LogP contribution is -2.14. The average molecular weight is 330 g/mol. The molecule has 8 nitrogen and oxygen atoms in total. The molecule has 0 aliphatic heterocycles. The number of hydrogen-bond acceptors (Lipinski definition) is 8. The summed E-state index contributed by atoms with van der Waals surface area (Å²) in [4.78, 5) is 24.9. The summed E-state index contributed by atoms with van der Waals surface area (Å²) in [7, 11) is 3.39. The molecule has 2 aromatic heterocycles. The molecule has 3 aromatic rings. The van der Waals surface area contributed by atoms with Gasteiger partial charge in [-0.05, 0) is 24.6 Å². The standard InChI is InChI=1S/C14H14N6O2S/c1-8-4-5-9-10(6-8)23-14(17-9)18-12-11(20(21)22)13(19(2)3)16-7-15-12/h4-7H,1-3H3,(H,15,16,17,18). The summed E-state index contributed by atoms with van der Waals surface area (Å²) in [6.07, 6.45) is 1.29. The molecule has 0 spiro atoms. The van der Waals surface area contributed by atoms with Crippen LogP contribution in [0.25, 0.3) is 10.2 Å². The monoisotopic (exact) mass is 330 g/mol. The molecule has 0 aliphatic rings. The second-order valence-electron chi connectivity index (χ2n) is 5.16. The van der Waals surface area contributed by atoms with Crippen molar-refractivity contribution in [2.45, 2.75) is 6.92 Å². The molecule has 0 atom stereocenters. The van der Waals surface area contributed by atoms with Crippen molar-refractivity contribution in [2.75, 3.05) is 24.3 Å². The van der Waals surface area contributed by atoms with Gasteiger partial charge in [-0.25, -0.2) is 15.0 Å². The van der Waals surface area contributed by atoms with Gasteiger partial charge in [0.25, 0.3) is 0 Å². The lowest BCUT2D eigenvalue weighted by atomic mass is 10.2. The Morgan fingerprint density at radius 1 is 1.30 bits per heavy atom. The molecular formula is C14H14N6O2S. The maximum absolute atomic E-state index is 11.4. The van der Waals surface area contributed by atoms with E-state index in [1.165, 1.54) is 17.7 Å². The lowest BCUT2D eigenvalue weighted by molar-refractivity contribution is -0.383. The van der Waals surface area contributed by atoms with E-state index < -0.39 is 4.92 Å². The van der Waals surface area contributed by atoms with Gasteiger partial charge in [-0.3, -0.25) is 10.1 Å². The number of rotatable bonds is 4. The van der Waals surface area contributed by atoms with Crippen molar-refractivity contribution >= 4 is 44.0 Å². The molecule has 0 saturated heterocycles. The van der Waals surface area contributed by atoms with Gasteiger partial charge in [0.15, 0.2) is 5.13 Å². The van der Waals surface area contributed by atoms with Crippen LogP contribution in [0.4, 0.5) is 22.5 Å². The Hall–Kier alpha value is -2.81. The van der Waals surface area contributed by atoms with Gasteiger partial charge in [-0.1, -0.05) is 17.4 Å². The first kappa shape index (κ1) is 15.1. The first-order chi connectivity index (χ1) is 11.0. The number of nitro groups is 1. The summed E-state index contributed by atoms with van der Waals surface area (Å²) in [5, 5.41) is 14.9. The van der Waals surface area contributed by atoms with Crippen LogP contribution in [0.5, 0.6) is 0 Å². The third kappa shape index (κ3) is 2.90. The Bertz CT molecular complexity index is 892. The van der Waals surface area contributed by atoms with Gasteiger partial charge in [0, 0.05) is 14.1 Å². The second kappa shape index (κ2) is 5.76. The van der Waals surface area contributed by atoms with E-state index in [1.807, 2.05) is 25.1 Å². The maximum Gasteiger partial charge on any atom is 0.353 e. The fourth-order valence-corrected chi connectivity index (χ4v) is 3.11. The predicted octanol–water partition coefficient (Wildman–Crippen LogP) is 3.11. The van der Waals surface area contributed by atoms with E-state index in [9.17, 15) is 10.1 Å². The lowest BCUT2D eigenvalue weighted by Gasteiger charge is -2.12. The first-order valence-electron chi connectivity index (χ1n) is 6.76. The van der Waals surface area contributed by atoms with Crippen LogP contribution in [-0.4, -0.2) is 34.0 Å². The van der Waals surface area contributed by atoms with Crippen molar-refractivity contribution in [2.24, 2.45) is 0 Å². The van der Waals surface area contributed by atoms with Gasteiger partial charge in [-0.2, -0.15) is 0 Å². The zero-order valence-electron chi connectivity index (χ0n) is 12.8. The maximum atomic E-state index is 11.4. The molecule has 0 fully saturated rings. The predicted molar refractivity (Wildman–Crippen MR) is 90.7 cm³/mol. The van der Waals surface area contributed by atoms with Gasteiger partial charge < -0.3 is 10.2 Å². The Morgan fingerprint density at radius 2 is 2.09 bits per heavy atom. The van der Waals surface area contributed by atoms with Gasteiger partial charge in [0.05, 0.1) is 15.1 Å². The molecule has 0 aliphatic carbocycles. The largest absolute Gasteiger partial charge is 0.357 e. The molecule has 0 amide bonds. The summed E-state index contributed by atoms with van der Waals surface area (Å²) in [5.41, 5.74) is 1.80. The van der Waals surface area contributed by atoms with Crippen LogP contribution >= 0.6 is 11.3 Å². The number of hydrogen-bond donors (Lipinski definition) is 1. The molecule has 9 heteroatoms. The summed E-state index contributed by atoms with van der Waals surface area (Å²) < 4.78 is 1.01. The molecule has 1 aromatic carbocycles. The number of fused-ring (bicyclic) bond motifs is 1. The van der Waals surface area contributed by atoms with Crippen LogP contribution < -0.4 is 10.2 Å². The van der Waals surface area contributed by atoms with Crippen LogP contribution in [0.2, 0.25) is 0 Å². The number of aryl methyl sites for hydroxylation is 1. The fourth-order valence-electron chi connectivity index (χ4n) is 2.14. The normalized spacial score (nSPS) is 10.7. The second-order valence-corrected chi connectivity index (χ2v) is 6.19. The molecule has 3 rings (SSSR count). The van der Waals surface area contributed by atoms with E-state index in [2.05, 4.69) is 20.3 Å². The van der Waals surface area contributed by atoms with E-state index in [4.69, 9.17) is 0 Å². The van der Waals surface area contributed by atoms with Crippen LogP contribution in [0.15, 0.2) is 24.5 Å². The molecule has 118 valence electrons. The minimum Gasteiger partial charge on any atom is -0.357 e. The van der Waals surface area contributed by atoms with Crippen LogP contribution in [-0.2, 0) is 0 Å². The van der Waals surface area contributed by atoms with Crippen LogP contribution in [0.1, 0.15) is 5.56 Å². The molecule has 0 saturated carbocycles. The minimum atomic E-state index is -0.491. The Kier molecular flexibility index (Phi) is 3.78. The van der Waals surface area contributed by atoms with E-state index in [-0.39, 0.29) is 17.3 Å².